The smallest absolute Gasteiger partial charge is 0.269 e. The van der Waals surface area contributed by atoms with E-state index in [4.69, 9.17) is 0 Å². The molecule has 84 valence electrons. The van der Waals surface area contributed by atoms with E-state index in [0.29, 0.717) is 0 Å². The molecule has 1 aliphatic heterocycles. The first-order valence-corrected chi connectivity index (χ1v) is 5.21. The van der Waals surface area contributed by atoms with Gasteiger partial charge in [0, 0.05) is 6.04 Å². The second-order valence-corrected chi connectivity index (χ2v) is 3.75. The molecule has 0 saturated carbocycles. The van der Waals surface area contributed by atoms with E-state index in [0.717, 1.165) is 17.7 Å². The Hall–Kier alpha value is -1.39. The Labute approximate surface area is 88.8 Å². The number of hydrogen-bond donors (Lipinski definition) is 1. The summed E-state index contributed by atoms with van der Waals surface area (Å²) in [5.41, 5.74) is 0. The maximum Gasteiger partial charge on any atom is 0.331 e. The summed E-state index contributed by atoms with van der Waals surface area (Å²) in [5.74, 6) is -1.32. The number of hydrogen-bond acceptors (Lipinski definition) is 3. The fourth-order valence-electron chi connectivity index (χ4n) is 1.96. The van der Waals surface area contributed by atoms with Gasteiger partial charge in [0.2, 0.25) is 0 Å². The van der Waals surface area contributed by atoms with E-state index < -0.39 is 17.8 Å². The first kappa shape index (κ1) is 11.7. The van der Waals surface area contributed by atoms with Crippen molar-refractivity contribution in [1.82, 2.24) is 10.2 Å². The van der Waals surface area contributed by atoms with Crippen molar-refractivity contribution in [3.8, 4) is 0 Å². The molecule has 0 radical (unpaired) electrons. The average molecular weight is 212 g/mol. The molecule has 1 saturated heterocycles. The van der Waals surface area contributed by atoms with Crippen LogP contribution in [0.25, 0.3) is 0 Å². The van der Waals surface area contributed by atoms with Crippen LogP contribution in [-0.4, -0.2) is 28.8 Å². The van der Waals surface area contributed by atoms with E-state index in [1.165, 1.54) is 0 Å². The van der Waals surface area contributed by atoms with Gasteiger partial charge in [-0.2, -0.15) is 0 Å². The molecule has 0 bridgehead atoms. The highest BCUT2D eigenvalue weighted by atomic mass is 16.2. The first-order valence-electron chi connectivity index (χ1n) is 5.21. The summed E-state index contributed by atoms with van der Waals surface area (Å²) in [7, 11) is 0. The van der Waals surface area contributed by atoms with Gasteiger partial charge in [0.25, 0.3) is 0 Å². The highest BCUT2D eigenvalue weighted by Crippen LogP contribution is 2.20. The Bertz CT molecular complexity index is 297. The van der Waals surface area contributed by atoms with Gasteiger partial charge in [-0.15, -0.1) is 0 Å². The van der Waals surface area contributed by atoms with E-state index in [9.17, 15) is 14.4 Å². The van der Waals surface area contributed by atoms with Crippen molar-refractivity contribution in [2.45, 2.75) is 39.7 Å². The van der Waals surface area contributed by atoms with Gasteiger partial charge in [-0.05, 0) is 12.8 Å². The third-order valence-electron chi connectivity index (χ3n) is 2.99. The van der Waals surface area contributed by atoms with Crippen molar-refractivity contribution in [2.24, 2.45) is 5.92 Å². The van der Waals surface area contributed by atoms with Crippen LogP contribution in [0, 0.1) is 5.92 Å². The molecule has 0 aromatic heterocycles. The number of nitrogens with zero attached hydrogens (tertiary/aromatic N) is 1. The molecule has 5 heteroatoms. The van der Waals surface area contributed by atoms with Crippen LogP contribution in [0.5, 0.6) is 0 Å². The Morgan fingerprint density at radius 3 is 2.07 bits per heavy atom. The lowest BCUT2D eigenvalue weighted by atomic mass is 9.94. The van der Waals surface area contributed by atoms with Crippen LogP contribution in [0.1, 0.15) is 33.6 Å². The molecule has 15 heavy (non-hydrogen) atoms. The van der Waals surface area contributed by atoms with Crippen LogP contribution in [0.15, 0.2) is 0 Å². The van der Waals surface area contributed by atoms with Crippen LogP contribution in [0.2, 0.25) is 0 Å². The third kappa shape index (κ3) is 2.00. The molecule has 1 heterocycles. The molecule has 5 nitrogen and oxygen atoms in total. The van der Waals surface area contributed by atoms with E-state index in [2.05, 4.69) is 0 Å². The number of imide groups is 2. The van der Waals surface area contributed by atoms with Gasteiger partial charge in [-0.1, -0.05) is 26.7 Å². The number of rotatable bonds is 4. The zero-order chi connectivity index (χ0) is 11.6. The molecule has 1 N–H and O–H groups in total. The van der Waals surface area contributed by atoms with Crippen LogP contribution in [0.3, 0.4) is 0 Å². The molecular weight excluding hydrogens is 196 g/mol. The minimum Gasteiger partial charge on any atom is -0.269 e. The van der Waals surface area contributed by atoms with Crippen molar-refractivity contribution in [3.05, 3.63) is 0 Å². The Kier molecular flexibility index (Phi) is 3.44. The number of nitrogens with one attached hydrogen (secondary N) is 1. The summed E-state index contributed by atoms with van der Waals surface area (Å²) < 4.78 is 0. The lowest BCUT2D eigenvalue weighted by Crippen LogP contribution is -2.43. The molecule has 1 rings (SSSR count). The van der Waals surface area contributed by atoms with Crippen molar-refractivity contribution in [2.75, 3.05) is 0 Å². The van der Waals surface area contributed by atoms with Gasteiger partial charge in [-0.25, -0.2) is 4.79 Å². The summed E-state index contributed by atoms with van der Waals surface area (Å²) in [4.78, 5) is 34.7. The summed E-state index contributed by atoms with van der Waals surface area (Å²) in [6.45, 7) is 5.81. The summed E-state index contributed by atoms with van der Waals surface area (Å²) >= 11 is 0. The number of carbonyl (C=O) groups excluding carboxylic acids is 3. The van der Waals surface area contributed by atoms with Crippen molar-refractivity contribution in [1.29, 1.82) is 0 Å². The predicted molar refractivity (Wildman–Crippen MR) is 53.9 cm³/mol. The van der Waals surface area contributed by atoms with E-state index in [-0.39, 0.29) is 12.0 Å². The molecule has 0 spiro atoms. The number of urea groups is 1. The topological polar surface area (TPSA) is 66.5 Å². The molecule has 1 fully saturated rings. The van der Waals surface area contributed by atoms with Gasteiger partial charge in [0.05, 0.1) is 0 Å². The highest BCUT2D eigenvalue weighted by Gasteiger charge is 2.41. The van der Waals surface area contributed by atoms with Gasteiger partial charge in [0.1, 0.15) is 0 Å². The molecule has 1 unspecified atom stereocenters. The van der Waals surface area contributed by atoms with Crippen LogP contribution in [-0.2, 0) is 9.59 Å². The molecule has 4 amide bonds. The van der Waals surface area contributed by atoms with E-state index >= 15 is 0 Å². The minimum absolute atomic E-state index is 0.223. The SMILES string of the molecule is CCC(CC)C(C)N1C(=O)NC(=O)C1=O. The van der Waals surface area contributed by atoms with Crippen molar-refractivity contribution in [3.63, 3.8) is 0 Å². The molecule has 0 aliphatic carbocycles. The van der Waals surface area contributed by atoms with E-state index in [1.54, 1.807) is 6.92 Å². The fourth-order valence-corrected chi connectivity index (χ4v) is 1.96. The summed E-state index contributed by atoms with van der Waals surface area (Å²) in [5, 5.41) is 2.00. The molecular formula is C10H16N2O3. The zero-order valence-corrected chi connectivity index (χ0v) is 9.24. The molecule has 0 aromatic rings. The Morgan fingerprint density at radius 2 is 1.73 bits per heavy atom. The van der Waals surface area contributed by atoms with Crippen LogP contribution >= 0.6 is 0 Å². The largest absolute Gasteiger partial charge is 0.331 e. The van der Waals surface area contributed by atoms with Gasteiger partial charge in [0.15, 0.2) is 0 Å². The van der Waals surface area contributed by atoms with E-state index in [1.807, 2.05) is 19.2 Å². The molecule has 0 aromatic carbocycles. The van der Waals surface area contributed by atoms with Gasteiger partial charge >= 0.3 is 17.8 Å². The predicted octanol–water partition coefficient (Wildman–Crippen LogP) is 0.889. The van der Waals surface area contributed by atoms with Crippen molar-refractivity contribution < 1.29 is 14.4 Å². The molecule has 1 atom stereocenters. The quantitative estimate of drug-likeness (QED) is 0.556. The second-order valence-electron chi connectivity index (χ2n) is 3.75. The van der Waals surface area contributed by atoms with Gasteiger partial charge < -0.3 is 0 Å². The maximum absolute atomic E-state index is 11.4. The Balaban J connectivity index is 2.83. The highest BCUT2D eigenvalue weighted by molar-refractivity contribution is 6.44. The number of carbonyl (C=O) groups is 3. The second kappa shape index (κ2) is 4.42. The zero-order valence-electron chi connectivity index (χ0n) is 9.24. The standard InChI is InChI=1S/C10H16N2O3/c1-4-7(5-2)6(3)12-9(14)8(13)11-10(12)15/h6-7H,4-5H2,1-3H3,(H,11,13,15). The maximum atomic E-state index is 11.4. The Morgan fingerprint density at radius 1 is 1.20 bits per heavy atom. The first-order chi connectivity index (χ1) is 7.02. The average Bonchev–Trinajstić information content (AvgIpc) is 2.43. The lowest BCUT2D eigenvalue weighted by Gasteiger charge is -2.27. The normalized spacial score (nSPS) is 18.7. The lowest BCUT2D eigenvalue weighted by molar-refractivity contribution is -0.141. The fraction of sp³-hybridized carbons (Fsp3) is 0.700. The minimum atomic E-state index is -0.821. The van der Waals surface area contributed by atoms with Crippen LogP contribution in [0.4, 0.5) is 4.79 Å². The van der Waals surface area contributed by atoms with Gasteiger partial charge in [-0.3, -0.25) is 19.8 Å². The van der Waals surface area contributed by atoms with Crippen molar-refractivity contribution >= 4 is 17.8 Å². The summed E-state index contributed by atoms with van der Waals surface area (Å²) in [6, 6.07) is -0.816. The third-order valence-corrected chi connectivity index (χ3v) is 2.99. The van der Waals surface area contributed by atoms with Crippen LogP contribution < -0.4 is 5.32 Å². The number of amides is 4. The summed E-state index contributed by atoms with van der Waals surface area (Å²) in [6.07, 6.45) is 1.76. The monoisotopic (exact) mass is 212 g/mol. The molecule has 1 aliphatic rings.